The van der Waals surface area contributed by atoms with Crippen LogP contribution >= 0.6 is 80.7 Å². The first-order valence-corrected chi connectivity index (χ1v) is 21.4. The van der Waals surface area contributed by atoms with Crippen molar-refractivity contribution in [2.24, 2.45) is 0 Å². The van der Waals surface area contributed by atoms with Gasteiger partial charge in [0.2, 0.25) is 0 Å². The van der Waals surface area contributed by atoms with E-state index in [2.05, 4.69) is 20.0 Å². The summed E-state index contributed by atoms with van der Waals surface area (Å²) in [6.07, 6.45) is -8.98. The van der Waals surface area contributed by atoms with Gasteiger partial charge < -0.3 is 19.7 Å². The van der Waals surface area contributed by atoms with Crippen LogP contribution in [0.15, 0.2) is 72.8 Å². The van der Waals surface area contributed by atoms with Crippen molar-refractivity contribution in [2.45, 2.75) is 36.0 Å². The molecule has 8 rings (SSSR count). The number of alkyl halides is 6. The summed E-state index contributed by atoms with van der Waals surface area (Å²) >= 11 is 31.7. The Morgan fingerprint density at radius 1 is 0.689 bits per heavy atom. The zero-order valence-corrected chi connectivity index (χ0v) is 37.0. The Bertz CT molecular complexity index is 2540. The van der Waals surface area contributed by atoms with E-state index in [0.29, 0.717) is 37.5 Å². The Morgan fingerprint density at radius 3 is 1.62 bits per heavy atom. The van der Waals surface area contributed by atoms with Crippen LogP contribution in [0, 0.1) is 0 Å². The van der Waals surface area contributed by atoms with Crippen molar-refractivity contribution < 1.29 is 45.4 Å². The molecule has 2 fully saturated rings. The van der Waals surface area contributed by atoms with Crippen molar-refractivity contribution >= 4 is 118 Å². The topological polar surface area (TPSA) is 93.7 Å². The summed E-state index contributed by atoms with van der Waals surface area (Å²) in [5.41, 5.74) is -1.72. The molecule has 0 saturated carbocycles. The number of aromatic nitrogens is 2. The normalized spacial score (nSPS) is 19.0. The van der Waals surface area contributed by atoms with E-state index in [1.165, 1.54) is 73.3 Å². The predicted molar refractivity (Wildman–Crippen MR) is 230 cm³/mol. The fourth-order valence-electron chi connectivity index (χ4n) is 7.14. The van der Waals surface area contributed by atoms with Gasteiger partial charge in [0, 0.05) is 39.7 Å². The van der Waals surface area contributed by atoms with Crippen LogP contribution in [0.2, 0.25) is 24.6 Å². The minimum absolute atomic E-state index is 0.00711. The Hall–Kier alpha value is -3.61. The number of nitrogens with zero attached hydrogens (tertiary/aromatic N) is 3. The summed E-state index contributed by atoms with van der Waals surface area (Å²) < 4.78 is 93.8. The summed E-state index contributed by atoms with van der Waals surface area (Å²) in [6.45, 7) is 0.0361. The number of anilines is 1. The number of hydrogen-bond acceptors (Lipinski definition) is 10. The fourth-order valence-corrected chi connectivity index (χ4v) is 10.4. The van der Waals surface area contributed by atoms with Gasteiger partial charge in [-0.25, -0.2) is 19.6 Å². The predicted octanol–water partition coefficient (Wildman–Crippen LogP) is 12.6. The Balaban J connectivity index is 0.000000169. The molecule has 4 aromatic carbocycles. The van der Waals surface area contributed by atoms with Crippen LogP contribution in [0.5, 0.6) is 0 Å². The van der Waals surface area contributed by atoms with Crippen LogP contribution in [0.4, 0.5) is 31.5 Å². The van der Waals surface area contributed by atoms with E-state index in [-0.39, 0.29) is 69.7 Å². The van der Waals surface area contributed by atoms with Crippen molar-refractivity contribution in [1.29, 1.82) is 0 Å². The molecule has 2 atom stereocenters. The highest BCUT2D eigenvalue weighted by atomic mass is 35.5. The molecule has 0 bridgehead atoms. The number of carbonyl (C=O) groups is 2. The maximum Gasteiger partial charge on any atom is 0.400 e. The van der Waals surface area contributed by atoms with E-state index in [1.807, 2.05) is 6.07 Å². The molecule has 2 saturated heterocycles. The Kier molecular flexibility index (Phi) is 14.3. The quantitative estimate of drug-likeness (QED) is 0.135. The number of methoxy groups -OCH3 is 2. The van der Waals surface area contributed by atoms with E-state index in [4.69, 9.17) is 62.7 Å². The minimum atomic E-state index is -4.51. The number of halogens is 11. The van der Waals surface area contributed by atoms with Gasteiger partial charge in [0.05, 0.1) is 45.8 Å². The van der Waals surface area contributed by atoms with Crippen LogP contribution in [0.25, 0.3) is 20.4 Å². The van der Waals surface area contributed by atoms with Crippen LogP contribution in [-0.2, 0) is 20.3 Å². The van der Waals surface area contributed by atoms with Gasteiger partial charge in [-0.2, -0.15) is 26.3 Å². The molecule has 0 aliphatic carbocycles. The number of esters is 2. The van der Waals surface area contributed by atoms with E-state index < -0.39 is 29.2 Å². The number of carbonyl (C=O) groups excluding carboxylic acids is 2. The number of nitrogens with one attached hydrogen (secondary N) is 1. The van der Waals surface area contributed by atoms with Gasteiger partial charge in [-0.1, -0.05) is 81.5 Å². The van der Waals surface area contributed by atoms with Crippen molar-refractivity contribution in [2.75, 3.05) is 45.3 Å². The molecule has 8 nitrogen and oxygen atoms in total. The van der Waals surface area contributed by atoms with Crippen LogP contribution < -0.4 is 10.2 Å². The summed E-state index contributed by atoms with van der Waals surface area (Å²) in [5.74, 6) is -0.883. The summed E-state index contributed by atoms with van der Waals surface area (Å²) in [5, 5.41) is 3.93. The average molecular weight is 987 g/mol. The Labute approximate surface area is 377 Å². The molecular weight excluding hydrogens is 956 g/mol. The SMILES string of the molecule is COC(=O)c1cccc2nc(Cl)sc12.COC(=O)c1cccc2nc(N3CCC(c4cc(Cl)cc(Cl)c4)(C(F)(F)F)C3)sc12.FC(F)(F)C1(c2cc(Cl)cc(Cl)c2)CCNC1. The largest absolute Gasteiger partial charge is 0.465 e. The third-order valence-corrected chi connectivity index (χ3v) is 13.5. The van der Waals surface area contributed by atoms with Gasteiger partial charge >= 0.3 is 24.3 Å². The van der Waals surface area contributed by atoms with Gasteiger partial charge in [0.1, 0.15) is 10.8 Å². The summed E-state index contributed by atoms with van der Waals surface area (Å²) in [7, 11) is 2.63. The summed E-state index contributed by atoms with van der Waals surface area (Å²) in [6, 6.07) is 18.4. The van der Waals surface area contributed by atoms with Crippen molar-refractivity contribution in [3.05, 3.63) is 120 Å². The second kappa shape index (κ2) is 18.6. The standard InChI is InChI=1S/C20H15Cl2F3N2O2S.C11H10Cl2F3N.C9H6ClNO2S/c1-29-17(28)14-3-2-4-15-16(14)30-18(26-15)27-6-5-19(10-27,20(23,24)25)11-7-12(21)9-13(22)8-11;12-8-3-7(4-9(13)5-8)10(11(14,15)16)1-2-17-6-10;1-13-8(12)5-3-2-4-6-7(5)14-9(10)11-6/h2-4,7-9H,5-6,10H2,1H3;3-5,17H,1-2,6H2;2-4H,1H3. The smallest absolute Gasteiger partial charge is 0.400 e. The number of benzene rings is 4. The van der Waals surface area contributed by atoms with Crippen LogP contribution in [-0.4, -0.2) is 74.7 Å². The fraction of sp³-hybridized carbons (Fsp3) is 0.300. The lowest BCUT2D eigenvalue weighted by Crippen LogP contribution is -2.44. The molecule has 2 aromatic heterocycles. The van der Waals surface area contributed by atoms with E-state index in [9.17, 15) is 35.9 Å². The van der Waals surface area contributed by atoms with Gasteiger partial charge in [-0.05, 0) is 91.2 Å². The maximum atomic E-state index is 14.3. The van der Waals surface area contributed by atoms with E-state index in [0.717, 1.165) is 10.2 Å². The number of rotatable bonds is 5. The molecule has 2 aliphatic heterocycles. The second-order valence-corrected chi connectivity index (χ2v) is 18.1. The minimum Gasteiger partial charge on any atom is -0.465 e. The lowest BCUT2D eigenvalue weighted by molar-refractivity contribution is -0.185. The number of hydrogen-bond donors (Lipinski definition) is 1. The number of thiazole rings is 2. The highest BCUT2D eigenvalue weighted by Gasteiger charge is 2.60. The molecular formula is C40H31Cl5F6N4O4S2. The van der Waals surface area contributed by atoms with Crippen LogP contribution in [0.1, 0.15) is 44.7 Å². The third-order valence-electron chi connectivity index (χ3n) is 10.2. The molecule has 0 amide bonds. The highest BCUT2D eigenvalue weighted by Crippen LogP contribution is 2.51. The van der Waals surface area contributed by atoms with Gasteiger partial charge in [0.25, 0.3) is 0 Å². The first kappa shape index (κ1) is 46.9. The first-order chi connectivity index (χ1) is 28.7. The first-order valence-electron chi connectivity index (χ1n) is 17.9. The number of ether oxygens (including phenoxy) is 2. The monoisotopic (exact) mass is 984 g/mol. The van der Waals surface area contributed by atoms with Crippen molar-refractivity contribution in [3.63, 3.8) is 0 Å². The molecule has 0 spiro atoms. The molecule has 324 valence electrons. The van der Waals surface area contributed by atoms with Crippen molar-refractivity contribution in [3.8, 4) is 0 Å². The second-order valence-electron chi connectivity index (χ2n) is 13.8. The lowest BCUT2D eigenvalue weighted by atomic mass is 9.79. The molecule has 6 aromatic rings. The molecule has 1 N–H and O–H groups in total. The summed E-state index contributed by atoms with van der Waals surface area (Å²) in [4.78, 5) is 33.5. The maximum absolute atomic E-state index is 14.3. The molecule has 2 aliphatic rings. The van der Waals surface area contributed by atoms with Gasteiger partial charge in [-0.3, -0.25) is 0 Å². The number of fused-ring (bicyclic) bond motifs is 2. The molecule has 4 heterocycles. The van der Waals surface area contributed by atoms with E-state index in [1.54, 1.807) is 35.2 Å². The molecule has 21 heteroatoms. The third kappa shape index (κ3) is 9.81. The zero-order valence-electron chi connectivity index (χ0n) is 31.6. The molecule has 61 heavy (non-hydrogen) atoms. The van der Waals surface area contributed by atoms with E-state index >= 15 is 0 Å². The highest BCUT2D eigenvalue weighted by molar-refractivity contribution is 7.23. The lowest BCUT2D eigenvalue weighted by Gasteiger charge is -2.32. The Morgan fingerprint density at radius 2 is 1.16 bits per heavy atom. The van der Waals surface area contributed by atoms with Crippen molar-refractivity contribution in [1.82, 2.24) is 15.3 Å². The average Bonchev–Trinajstić information content (AvgIpc) is 4.01. The molecule has 0 radical (unpaired) electrons. The zero-order chi connectivity index (χ0) is 44.5. The molecule has 2 unspecified atom stereocenters. The van der Waals surface area contributed by atoms with Crippen LogP contribution in [0.3, 0.4) is 0 Å². The van der Waals surface area contributed by atoms with Gasteiger partial charge in [0.15, 0.2) is 9.60 Å². The van der Waals surface area contributed by atoms with Gasteiger partial charge in [-0.15, -0.1) is 11.3 Å².